The molecular formula is C8H8N2O4. The molecule has 1 aromatic carbocycles. The number of nitrogens with zero attached hydrogens (tertiary/aromatic N) is 1. The van der Waals surface area contributed by atoms with Crippen molar-refractivity contribution in [2.24, 2.45) is 0 Å². The van der Waals surface area contributed by atoms with Gasteiger partial charge in [-0.15, -0.1) is 0 Å². The molecule has 0 aliphatic heterocycles. The van der Waals surface area contributed by atoms with Gasteiger partial charge < -0.3 is 15.3 Å². The van der Waals surface area contributed by atoms with Gasteiger partial charge in [0.25, 0.3) is 0 Å². The lowest BCUT2D eigenvalue weighted by Gasteiger charge is -2.04. The minimum Gasteiger partial charge on any atom is -0.500 e. The van der Waals surface area contributed by atoms with Crippen LogP contribution in [0.15, 0.2) is 12.1 Å². The predicted molar refractivity (Wildman–Crippen MR) is 49.2 cm³/mol. The van der Waals surface area contributed by atoms with Crippen LogP contribution < -0.4 is 4.74 Å². The van der Waals surface area contributed by atoms with Crippen LogP contribution in [-0.4, -0.2) is 23.4 Å². The maximum absolute atomic E-state index is 10.5. The number of aromatic hydroxyl groups is 1. The van der Waals surface area contributed by atoms with Crippen molar-refractivity contribution in [3.05, 3.63) is 27.8 Å². The highest BCUT2D eigenvalue weighted by Crippen LogP contribution is 2.36. The molecule has 0 aliphatic carbocycles. The molecule has 0 bridgehead atoms. The standard InChI is InChI=1S/C8H8N2O4/c1-14-7-3-5(4-9)2-6(8(7)11)10(12)13/h2-4,9,11H,1H3. The number of ether oxygens (including phenoxy) is 1. The Morgan fingerprint density at radius 3 is 2.71 bits per heavy atom. The van der Waals surface area contributed by atoms with Crippen LogP contribution in [0.4, 0.5) is 5.69 Å². The van der Waals surface area contributed by atoms with E-state index in [1.165, 1.54) is 13.2 Å². The number of nitro groups is 1. The summed E-state index contributed by atoms with van der Waals surface area (Å²) in [5.41, 5.74) is -0.172. The third kappa shape index (κ3) is 1.63. The molecule has 2 N–H and O–H groups in total. The molecule has 0 aliphatic rings. The molecule has 6 heteroatoms. The van der Waals surface area contributed by atoms with Gasteiger partial charge in [0, 0.05) is 17.8 Å². The smallest absolute Gasteiger partial charge is 0.315 e. The van der Waals surface area contributed by atoms with E-state index in [-0.39, 0.29) is 5.75 Å². The van der Waals surface area contributed by atoms with Gasteiger partial charge in [-0.1, -0.05) is 0 Å². The Bertz CT molecular complexity index is 389. The van der Waals surface area contributed by atoms with Gasteiger partial charge in [0.05, 0.1) is 12.0 Å². The second-order valence-corrected chi connectivity index (χ2v) is 2.49. The molecule has 0 aromatic heterocycles. The molecule has 14 heavy (non-hydrogen) atoms. The quantitative estimate of drug-likeness (QED) is 0.432. The predicted octanol–water partition coefficient (Wildman–Crippen LogP) is 1.31. The van der Waals surface area contributed by atoms with Gasteiger partial charge in [-0.2, -0.15) is 0 Å². The molecule has 74 valence electrons. The van der Waals surface area contributed by atoms with E-state index in [2.05, 4.69) is 0 Å². The van der Waals surface area contributed by atoms with E-state index in [0.29, 0.717) is 5.56 Å². The fourth-order valence-corrected chi connectivity index (χ4v) is 0.992. The molecule has 0 saturated heterocycles. The minimum atomic E-state index is -0.731. The number of hydrogen-bond acceptors (Lipinski definition) is 5. The van der Waals surface area contributed by atoms with E-state index in [1.807, 2.05) is 0 Å². The van der Waals surface area contributed by atoms with Crippen molar-refractivity contribution in [2.45, 2.75) is 0 Å². The highest BCUT2D eigenvalue weighted by Gasteiger charge is 2.18. The third-order valence-corrected chi connectivity index (χ3v) is 1.66. The number of nitro benzene ring substituents is 1. The van der Waals surface area contributed by atoms with Crippen LogP contribution in [0, 0.1) is 15.5 Å². The maximum Gasteiger partial charge on any atom is 0.315 e. The summed E-state index contributed by atoms with van der Waals surface area (Å²) in [5.74, 6) is -0.541. The summed E-state index contributed by atoms with van der Waals surface area (Å²) in [6.45, 7) is 0. The van der Waals surface area contributed by atoms with Crippen LogP contribution in [0.5, 0.6) is 11.5 Å². The summed E-state index contributed by atoms with van der Waals surface area (Å²) < 4.78 is 4.72. The number of phenols is 1. The molecule has 0 atom stereocenters. The van der Waals surface area contributed by atoms with Crippen LogP contribution in [-0.2, 0) is 0 Å². The van der Waals surface area contributed by atoms with Crippen molar-refractivity contribution in [3.8, 4) is 11.5 Å². The Balaban J connectivity index is 3.41. The van der Waals surface area contributed by atoms with Gasteiger partial charge >= 0.3 is 5.69 Å². The van der Waals surface area contributed by atoms with Crippen molar-refractivity contribution in [3.63, 3.8) is 0 Å². The van der Waals surface area contributed by atoms with Crippen molar-refractivity contribution < 1.29 is 14.8 Å². The van der Waals surface area contributed by atoms with E-state index in [9.17, 15) is 15.2 Å². The Hall–Kier alpha value is -2.11. The second kappa shape index (κ2) is 3.73. The van der Waals surface area contributed by atoms with E-state index >= 15 is 0 Å². The molecule has 6 nitrogen and oxygen atoms in total. The molecule has 0 unspecified atom stereocenters. The van der Waals surface area contributed by atoms with Crippen LogP contribution >= 0.6 is 0 Å². The Morgan fingerprint density at radius 1 is 1.64 bits per heavy atom. The Morgan fingerprint density at radius 2 is 2.29 bits per heavy atom. The average Bonchev–Trinajstić information content (AvgIpc) is 2.17. The first-order valence-corrected chi connectivity index (χ1v) is 3.66. The van der Waals surface area contributed by atoms with Crippen LogP contribution in [0.25, 0.3) is 0 Å². The number of phenolic OH excluding ortho intramolecular Hbond substituents is 1. The molecule has 0 amide bonds. The van der Waals surface area contributed by atoms with Crippen molar-refractivity contribution in [1.29, 1.82) is 5.41 Å². The van der Waals surface area contributed by atoms with Gasteiger partial charge in [-0.05, 0) is 6.07 Å². The largest absolute Gasteiger partial charge is 0.500 e. The minimum absolute atomic E-state index is 0.0160. The molecule has 1 rings (SSSR count). The zero-order valence-corrected chi connectivity index (χ0v) is 7.35. The van der Waals surface area contributed by atoms with E-state index in [1.54, 1.807) is 0 Å². The van der Waals surface area contributed by atoms with Gasteiger partial charge in [0.2, 0.25) is 5.75 Å². The summed E-state index contributed by atoms with van der Waals surface area (Å²) in [4.78, 5) is 9.74. The van der Waals surface area contributed by atoms with E-state index < -0.39 is 16.4 Å². The lowest BCUT2D eigenvalue weighted by Crippen LogP contribution is -1.94. The third-order valence-electron chi connectivity index (χ3n) is 1.66. The summed E-state index contributed by atoms with van der Waals surface area (Å²) in [6, 6.07) is 2.44. The zero-order chi connectivity index (χ0) is 10.7. The van der Waals surface area contributed by atoms with Gasteiger partial charge in [-0.25, -0.2) is 0 Å². The molecule has 0 fully saturated rings. The summed E-state index contributed by atoms with van der Waals surface area (Å²) in [7, 11) is 1.28. The van der Waals surface area contributed by atoms with Gasteiger partial charge in [-0.3, -0.25) is 10.1 Å². The van der Waals surface area contributed by atoms with Crippen molar-refractivity contribution >= 4 is 11.9 Å². The Kier molecular flexibility index (Phi) is 2.66. The first-order chi connectivity index (χ1) is 6.60. The van der Waals surface area contributed by atoms with Gasteiger partial charge in [0.1, 0.15) is 0 Å². The fourth-order valence-electron chi connectivity index (χ4n) is 0.992. The van der Waals surface area contributed by atoms with Crippen molar-refractivity contribution in [1.82, 2.24) is 0 Å². The number of rotatable bonds is 3. The Labute approximate surface area is 79.4 Å². The first kappa shape index (κ1) is 9.97. The number of methoxy groups -OCH3 is 1. The van der Waals surface area contributed by atoms with Crippen LogP contribution in [0.1, 0.15) is 5.56 Å². The first-order valence-electron chi connectivity index (χ1n) is 3.66. The molecule has 0 heterocycles. The lowest BCUT2D eigenvalue weighted by atomic mass is 10.2. The summed E-state index contributed by atoms with van der Waals surface area (Å²) in [5, 5.41) is 26.7. The van der Waals surface area contributed by atoms with Crippen molar-refractivity contribution in [2.75, 3.05) is 7.11 Å². The summed E-state index contributed by atoms with van der Waals surface area (Å²) >= 11 is 0. The molecule has 0 radical (unpaired) electrons. The number of nitrogens with one attached hydrogen (secondary N) is 1. The molecule has 1 aromatic rings. The lowest BCUT2D eigenvalue weighted by molar-refractivity contribution is -0.386. The summed E-state index contributed by atoms with van der Waals surface area (Å²) in [6.07, 6.45) is 0.939. The normalized spacial score (nSPS) is 9.50. The highest BCUT2D eigenvalue weighted by atomic mass is 16.6. The highest BCUT2D eigenvalue weighted by molar-refractivity contribution is 5.80. The number of hydrogen-bond donors (Lipinski definition) is 2. The molecular weight excluding hydrogens is 188 g/mol. The fraction of sp³-hybridized carbons (Fsp3) is 0.125. The number of benzene rings is 1. The van der Waals surface area contributed by atoms with Crippen LogP contribution in [0.3, 0.4) is 0 Å². The second-order valence-electron chi connectivity index (χ2n) is 2.49. The molecule has 0 spiro atoms. The van der Waals surface area contributed by atoms with E-state index in [4.69, 9.17) is 10.1 Å². The topological polar surface area (TPSA) is 96.5 Å². The van der Waals surface area contributed by atoms with E-state index in [0.717, 1.165) is 12.3 Å². The molecule has 0 saturated carbocycles. The van der Waals surface area contributed by atoms with Gasteiger partial charge in [0.15, 0.2) is 5.75 Å². The van der Waals surface area contributed by atoms with Crippen LogP contribution in [0.2, 0.25) is 0 Å². The SMILES string of the molecule is COc1cc(C=N)cc([N+](=O)[O-])c1O. The average molecular weight is 196 g/mol. The zero-order valence-electron chi connectivity index (χ0n) is 7.35. The monoisotopic (exact) mass is 196 g/mol. The maximum atomic E-state index is 10.5.